The van der Waals surface area contributed by atoms with Gasteiger partial charge in [-0.05, 0) is 26.7 Å². The first-order valence-electron chi connectivity index (χ1n) is 3.06. The molecule has 9 heavy (non-hydrogen) atoms. The Morgan fingerprint density at radius 1 is 1.67 bits per heavy atom. The van der Waals surface area contributed by atoms with Gasteiger partial charge >= 0.3 is 0 Å². The first-order chi connectivity index (χ1) is 4.12. The Kier molecular flexibility index (Phi) is 3.50. The third-order valence-corrected chi connectivity index (χ3v) is 1.20. The van der Waals surface area contributed by atoms with Crippen LogP contribution in [0.1, 0.15) is 26.7 Å². The average molecular weight is 130 g/mol. The summed E-state index contributed by atoms with van der Waals surface area (Å²) in [6.07, 6.45) is 3.47. The lowest BCUT2D eigenvalue weighted by Crippen LogP contribution is -2.21. The van der Waals surface area contributed by atoms with Crippen molar-refractivity contribution < 1.29 is 10.1 Å². The third-order valence-electron chi connectivity index (χ3n) is 1.20. The maximum Gasteiger partial charge on any atom is 0.0980 e. The van der Waals surface area contributed by atoms with E-state index in [-0.39, 0.29) is 0 Å². The van der Waals surface area contributed by atoms with Gasteiger partial charge in [-0.25, -0.2) is 4.89 Å². The van der Waals surface area contributed by atoms with E-state index in [1.54, 1.807) is 6.08 Å². The van der Waals surface area contributed by atoms with Crippen LogP contribution >= 0.6 is 0 Å². The Bertz CT molecular complexity index is 86.9. The van der Waals surface area contributed by atoms with Gasteiger partial charge < -0.3 is 0 Å². The molecule has 1 N–H and O–H groups in total. The minimum atomic E-state index is -0.422. The zero-order valence-corrected chi connectivity index (χ0v) is 6.05. The van der Waals surface area contributed by atoms with E-state index in [4.69, 9.17) is 5.26 Å². The van der Waals surface area contributed by atoms with E-state index in [1.807, 2.05) is 13.8 Å². The smallest absolute Gasteiger partial charge is 0.0980 e. The second kappa shape index (κ2) is 3.64. The van der Waals surface area contributed by atoms with Gasteiger partial charge in [0.2, 0.25) is 0 Å². The van der Waals surface area contributed by atoms with E-state index < -0.39 is 5.60 Å². The molecule has 0 bridgehead atoms. The van der Waals surface area contributed by atoms with Crippen LogP contribution < -0.4 is 0 Å². The molecule has 54 valence electrons. The fourth-order valence-corrected chi connectivity index (χ4v) is 0.495. The van der Waals surface area contributed by atoms with Crippen LogP contribution in [0.4, 0.5) is 0 Å². The van der Waals surface area contributed by atoms with Gasteiger partial charge in [-0.1, -0.05) is 6.08 Å². The van der Waals surface area contributed by atoms with Gasteiger partial charge in [0.25, 0.3) is 0 Å². The van der Waals surface area contributed by atoms with Crippen molar-refractivity contribution in [2.75, 3.05) is 0 Å². The van der Waals surface area contributed by atoms with Crippen LogP contribution in [0.5, 0.6) is 0 Å². The predicted octanol–water partition coefficient (Wildman–Crippen LogP) is 2.22. The Morgan fingerprint density at radius 2 is 2.22 bits per heavy atom. The number of allylic oxidation sites excluding steroid dienone is 1. The van der Waals surface area contributed by atoms with Crippen LogP contribution in [0, 0.1) is 0 Å². The van der Waals surface area contributed by atoms with Crippen LogP contribution in [-0.4, -0.2) is 10.9 Å². The van der Waals surface area contributed by atoms with Gasteiger partial charge in [0.1, 0.15) is 0 Å². The van der Waals surface area contributed by atoms with E-state index >= 15 is 0 Å². The predicted molar refractivity (Wildman–Crippen MR) is 37.2 cm³/mol. The minimum absolute atomic E-state index is 0.422. The number of hydrogen-bond donors (Lipinski definition) is 1. The highest BCUT2D eigenvalue weighted by Crippen LogP contribution is 2.14. The van der Waals surface area contributed by atoms with Crippen LogP contribution in [0.2, 0.25) is 0 Å². The molecular formula is C7H14O2. The molecule has 0 aliphatic heterocycles. The lowest BCUT2D eigenvalue weighted by atomic mass is 10.0. The lowest BCUT2D eigenvalue weighted by molar-refractivity contribution is -0.313. The van der Waals surface area contributed by atoms with Crippen molar-refractivity contribution in [2.45, 2.75) is 32.3 Å². The molecule has 2 nitrogen and oxygen atoms in total. The van der Waals surface area contributed by atoms with Gasteiger partial charge in [-0.3, -0.25) is 5.26 Å². The summed E-state index contributed by atoms with van der Waals surface area (Å²) in [4.78, 5) is 4.19. The van der Waals surface area contributed by atoms with Gasteiger partial charge in [0.05, 0.1) is 5.60 Å². The minimum Gasteiger partial charge on any atom is -0.251 e. The number of rotatable bonds is 4. The zero-order valence-electron chi connectivity index (χ0n) is 6.05. The Labute approximate surface area is 56.1 Å². The lowest BCUT2D eigenvalue weighted by Gasteiger charge is -2.18. The molecular weight excluding hydrogens is 116 g/mol. The van der Waals surface area contributed by atoms with E-state index in [9.17, 15) is 0 Å². The second-order valence-electron chi connectivity index (χ2n) is 2.68. The monoisotopic (exact) mass is 130 g/mol. The van der Waals surface area contributed by atoms with Crippen molar-refractivity contribution in [3.05, 3.63) is 12.7 Å². The van der Waals surface area contributed by atoms with E-state index in [0.29, 0.717) is 0 Å². The summed E-state index contributed by atoms with van der Waals surface area (Å²) in [6, 6.07) is 0. The van der Waals surface area contributed by atoms with Gasteiger partial charge in [0, 0.05) is 0 Å². The maximum atomic E-state index is 8.29. The summed E-state index contributed by atoms with van der Waals surface area (Å²) in [7, 11) is 0. The topological polar surface area (TPSA) is 29.5 Å². The average Bonchev–Trinajstić information content (AvgIpc) is 1.84. The summed E-state index contributed by atoms with van der Waals surface area (Å²) in [6.45, 7) is 7.22. The molecule has 0 aromatic carbocycles. The quantitative estimate of drug-likeness (QED) is 0.359. The fourth-order valence-electron chi connectivity index (χ4n) is 0.495. The fraction of sp³-hybridized carbons (Fsp3) is 0.714. The van der Waals surface area contributed by atoms with E-state index in [0.717, 1.165) is 12.8 Å². The standard InChI is InChI=1S/C7H14O2/c1-4-5-6-7(2,3)9-8/h4,8H,1,5-6H2,2-3H3. The van der Waals surface area contributed by atoms with Crippen LogP contribution in [-0.2, 0) is 4.89 Å². The Hall–Kier alpha value is -0.340. The summed E-state index contributed by atoms with van der Waals surface area (Å²) >= 11 is 0. The summed E-state index contributed by atoms with van der Waals surface area (Å²) in [5.41, 5.74) is -0.422. The molecule has 0 rings (SSSR count). The van der Waals surface area contributed by atoms with Crippen molar-refractivity contribution >= 4 is 0 Å². The van der Waals surface area contributed by atoms with Gasteiger partial charge in [0.15, 0.2) is 0 Å². The van der Waals surface area contributed by atoms with Crippen LogP contribution in [0.15, 0.2) is 12.7 Å². The molecule has 0 saturated carbocycles. The first kappa shape index (κ1) is 8.66. The van der Waals surface area contributed by atoms with Crippen molar-refractivity contribution in [1.29, 1.82) is 0 Å². The molecule has 0 atom stereocenters. The molecule has 2 heteroatoms. The molecule has 0 aliphatic rings. The highest BCUT2D eigenvalue weighted by molar-refractivity contribution is 4.74. The molecule has 0 fully saturated rings. The highest BCUT2D eigenvalue weighted by atomic mass is 17.1. The normalized spacial score (nSPS) is 11.4. The molecule has 0 unspecified atom stereocenters. The first-order valence-corrected chi connectivity index (χ1v) is 3.06. The molecule has 0 aliphatic carbocycles. The van der Waals surface area contributed by atoms with Crippen molar-refractivity contribution in [2.24, 2.45) is 0 Å². The molecule has 0 aromatic rings. The summed E-state index contributed by atoms with van der Waals surface area (Å²) in [5.74, 6) is 0. The summed E-state index contributed by atoms with van der Waals surface area (Å²) < 4.78 is 0. The van der Waals surface area contributed by atoms with Crippen molar-refractivity contribution in [1.82, 2.24) is 0 Å². The SMILES string of the molecule is C=CCCC(C)(C)OO. The third kappa shape index (κ3) is 4.18. The zero-order chi connectivity index (χ0) is 7.33. The van der Waals surface area contributed by atoms with E-state index in [1.165, 1.54) is 0 Å². The van der Waals surface area contributed by atoms with Gasteiger partial charge in [-0.2, -0.15) is 0 Å². The Morgan fingerprint density at radius 3 is 2.56 bits per heavy atom. The van der Waals surface area contributed by atoms with Crippen molar-refractivity contribution in [3.8, 4) is 0 Å². The molecule has 0 spiro atoms. The largest absolute Gasteiger partial charge is 0.251 e. The maximum absolute atomic E-state index is 8.29. The number of hydrogen-bond acceptors (Lipinski definition) is 2. The Balaban J connectivity index is 3.44. The molecule has 0 heterocycles. The van der Waals surface area contributed by atoms with Crippen LogP contribution in [0.3, 0.4) is 0 Å². The van der Waals surface area contributed by atoms with Crippen LogP contribution in [0.25, 0.3) is 0 Å². The molecule has 0 aromatic heterocycles. The molecule has 0 saturated heterocycles. The second-order valence-corrected chi connectivity index (χ2v) is 2.68. The van der Waals surface area contributed by atoms with E-state index in [2.05, 4.69) is 11.5 Å². The highest BCUT2D eigenvalue weighted by Gasteiger charge is 2.16. The van der Waals surface area contributed by atoms with Gasteiger partial charge in [-0.15, -0.1) is 6.58 Å². The van der Waals surface area contributed by atoms with Crippen molar-refractivity contribution in [3.63, 3.8) is 0 Å². The molecule has 0 amide bonds. The summed E-state index contributed by atoms with van der Waals surface area (Å²) in [5, 5.41) is 8.29. The molecule has 0 radical (unpaired) electrons.